The van der Waals surface area contributed by atoms with Gasteiger partial charge in [0.1, 0.15) is 24.3 Å². The molecule has 0 radical (unpaired) electrons. The minimum absolute atomic E-state index is 0.0581. The van der Waals surface area contributed by atoms with E-state index in [2.05, 4.69) is 12.2 Å². The van der Waals surface area contributed by atoms with Crippen LogP contribution in [0.25, 0.3) is 0 Å². The van der Waals surface area contributed by atoms with Crippen LogP contribution in [0.2, 0.25) is 0 Å². The molecule has 0 aromatic heterocycles. The molecule has 0 aliphatic rings. The Bertz CT molecular complexity index is 666. The van der Waals surface area contributed by atoms with Gasteiger partial charge in [-0.25, -0.2) is 13.6 Å². The summed E-state index contributed by atoms with van der Waals surface area (Å²) in [7, 11) is 0. The summed E-state index contributed by atoms with van der Waals surface area (Å²) in [6, 6.07) is 1.95. The summed E-state index contributed by atoms with van der Waals surface area (Å²) in [5.74, 6) is -2.38. The highest BCUT2D eigenvalue weighted by Crippen LogP contribution is 2.11. The zero-order valence-electron chi connectivity index (χ0n) is 16.0. The standard InChI is InChI=1S/C21H27F2NO3/c1-4-6-10-27-21(26)19(13-16-11-17(22)14-18(23)12-16)24-20(25)9-8-15(3)7-5-2/h4,6,8-9,11-12,14-15,19H,5,7,10,13H2,1-3H3,(H,24,25)/b6-4+,9-8+/t15?,19-/m0/s1. The van der Waals surface area contributed by atoms with Gasteiger partial charge in [0, 0.05) is 12.5 Å². The fourth-order valence-electron chi connectivity index (χ4n) is 2.51. The van der Waals surface area contributed by atoms with E-state index in [4.69, 9.17) is 4.74 Å². The predicted octanol–water partition coefficient (Wildman–Crippen LogP) is 4.10. The van der Waals surface area contributed by atoms with Crippen LogP contribution in [0.1, 0.15) is 39.2 Å². The topological polar surface area (TPSA) is 55.4 Å². The van der Waals surface area contributed by atoms with Gasteiger partial charge in [0.05, 0.1) is 0 Å². The lowest BCUT2D eigenvalue weighted by Crippen LogP contribution is -2.42. The average Bonchev–Trinajstić information content (AvgIpc) is 2.59. The van der Waals surface area contributed by atoms with Crippen LogP contribution in [0.3, 0.4) is 0 Å². The van der Waals surface area contributed by atoms with Crippen molar-refractivity contribution in [3.63, 3.8) is 0 Å². The Labute approximate surface area is 159 Å². The number of carbonyl (C=O) groups is 2. The van der Waals surface area contributed by atoms with Crippen molar-refractivity contribution in [2.45, 2.75) is 46.1 Å². The van der Waals surface area contributed by atoms with Gasteiger partial charge in [0.15, 0.2) is 0 Å². The monoisotopic (exact) mass is 379 g/mol. The zero-order chi connectivity index (χ0) is 20.2. The molecule has 2 atom stereocenters. The number of hydrogen-bond donors (Lipinski definition) is 1. The van der Waals surface area contributed by atoms with E-state index in [1.807, 2.05) is 6.92 Å². The van der Waals surface area contributed by atoms with Crippen LogP contribution in [-0.2, 0) is 20.7 Å². The molecule has 4 nitrogen and oxygen atoms in total. The van der Waals surface area contributed by atoms with Crippen LogP contribution in [-0.4, -0.2) is 24.5 Å². The van der Waals surface area contributed by atoms with Gasteiger partial charge < -0.3 is 10.1 Å². The largest absolute Gasteiger partial charge is 0.460 e. The van der Waals surface area contributed by atoms with Gasteiger partial charge >= 0.3 is 5.97 Å². The summed E-state index contributed by atoms with van der Waals surface area (Å²) in [6.45, 7) is 5.89. The molecule has 0 saturated carbocycles. The van der Waals surface area contributed by atoms with Crippen molar-refractivity contribution in [1.82, 2.24) is 5.32 Å². The zero-order valence-corrected chi connectivity index (χ0v) is 16.0. The summed E-state index contributed by atoms with van der Waals surface area (Å²) in [6.07, 6.45) is 8.38. The normalized spacial score (nSPS) is 13.7. The molecule has 1 rings (SSSR count). The average molecular weight is 379 g/mol. The maximum Gasteiger partial charge on any atom is 0.329 e. The van der Waals surface area contributed by atoms with Gasteiger partial charge in [-0.2, -0.15) is 0 Å². The first-order chi connectivity index (χ1) is 12.8. The van der Waals surface area contributed by atoms with Gasteiger partial charge in [-0.05, 0) is 43.0 Å². The SMILES string of the molecule is C/C=C/COC(=O)[C@H](Cc1cc(F)cc(F)c1)NC(=O)/C=C/C(C)CCC. The van der Waals surface area contributed by atoms with E-state index in [9.17, 15) is 18.4 Å². The van der Waals surface area contributed by atoms with Gasteiger partial charge in [0.2, 0.25) is 5.91 Å². The molecule has 148 valence electrons. The quantitative estimate of drug-likeness (QED) is 0.378. The van der Waals surface area contributed by atoms with Crippen molar-refractivity contribution < 1.29 is 23.1 Å². The van der Waals surface area contributed by atoms with E-state index in [1.165, 1.54) is 6.08 Å². The lowest BCUT2D eigenvalue weighted by atomic mass is 10.0. The Morgan fingerprint density at radius 3 is 2.48 bits per heavy atom. The highest BCUT2D eigenvalue weighted by Gasteiger charge is 2.22. The van der Waals surface area contributed by atoms with Crippen molar-refractivity contribution >= 4 is 11.9 Å². The van der Waals surface area contributed by atoms with Gasteiger partial charge in [-0.1, -0.05) is 38.5 Å². The van der Waals surface area contributed by atoms with E-state index in [0.717, 1.165) is 31.0 Å². The second-order valence-electron chi connectivity index (χ2n) is 6.37. The summed E-state index contributed by atoms with van der Waals surface area (Å²) >= 11 is 0. The molecule has 1 N–H and O–H groups in total. The summed E-state index contributed by atoms with van der Waals surface area (Å²) in [5, 5.41) is 2.56. The predicted molar refractivity (Wildman–Crippen MR) is 101 cm³/mol. The Balaban J connectivity index is 2.86. The number of carbonyl (C=O) groups excluding carboxylic acids is 2. The van der Waals surface area contributed by atoms with Gasteiger partial charge in [0.25, 0.3) is 0 Å². The second kappa shape index (κ2) is 12.0. The lowest BCUT2D eigenvalue weighted by Gasteiger charge is -2.17. The third-order valence-corrected chi connectivity index (χ3v) is 3.84. The number of hydrogen-bond acceptors (Lipinski definition) is 3. The number of allylic oxidation sites excluding steroid dienone is 2. The van der Waals surface area contributed by atoms with Crippen molar-refractivity contribution in [1.29, 1.82) is 0 Å². The van der Waals surface area contributed by atoms with E-state index >= 15 is 0 Å². The maximum absolute atomic E-state index is 13.4. The maximum atomic E-state index is 13.4. The summed E-state index contributed by atoms with van der Waals surface area (Å²) in [5.41, 5.74) is 0.254. The van der Waals surface area contributed by atoms with Crippen molar-refractivity contribution in [2.75, 3.05) is 6.61 Å². The van der Waals surface area contributed by atoms with Crippen LogP contribution >= 0.6 is 0 Å². The number of ether oxygens (including phenoxy) is 1. The summed E-state index contributed by atoms with van der Waals surface area (Å²) < 4.78 is 31.9. The molecule has 1 aromatic rings. The number of benzene rings is 1. The third kappa shape index (κ3) is 9.13. The molecule has 1 unspecified atom stereocenters. The van der Waals surface area contributed by atoms with Crippen molar-refractivity contribution in [2.24, 2.45) is 5.92 Å². The Morgan fingerprint density at radius 2 is 1.89 bits per heavy atom. The van der Waals surface area contributed by atoms with E-state index in [0.29, 0.717) is 0 Å². The van der Waals surface area contributed by atoms with E-state index in [-0.39, 0.29) is 24.5 Å². The number of amides is 1. The van der Waals surface area contributed by atoms with Gasteiger partial charge in [-0.3, -0.25) is 4.79 Å². The molecule has 0 bridgehead atoms. The smallest absolute Gasteiger partial charge is 0.329 e. The van der Waals surface area contributed by atoms with Gasteiger partial charge in [-0.15, -0.1) is 0 Å². The Kier molecular flexibility index (Phi) is 10.0. The first kappa shape index (κ1) is 22.5. The minimum Gasteiger partial charge on any atom is -0.460 e. The highest BCUT2D eigenvalue weighted by atomic mass is 19.1. The summed E-state index contributed by atoms with van der Waals surface area (Å²) in [4.78, 5) is 24.4. The number of esters is 1. The molecular formula is C21H27F2NO3. The second-order valence-corrected chi connectivity index (χ2v) is 6.37. The Morgan fingerprint density at radius 1 is 1.22 bits per heavy atom. The molecule has 6 heteroatoms. The molecular weight excluding hydrogens is 352 g/mol. The van der Waals surface area contributed by atoms with Crippen LogP contribution in [0.15, 0.2) is 42.5 Å². The van der Waals surface area contributed by atoms with E-state index < -0.39 is 29.6 Å². The molecule has 0 saturated heterocycles. The minimum atomic E-state index is -1.05. The first-order valence-corrected chi connectivity index (χ1v) is 9.07. The van der Waals surface area contributed by atoms with Crippen LogP contribution in [0.5, 0.6) is 0 Å². The fourth-order valence-corrected chi connectivity index (χ4v) is 2.51. The fraction of sp³-hybridized carbons (Fsp3) is 0.429. The van der Waals surface area contributed by atoms with Crippen LogP contribution < -0.4 is 5.32 Å². The molecule has 0 heterocycles. The molecule has 0 fully saturated rings. The lowest BCUT2D eigenvalue weighted by molar-refractivity contribution is -0.146. The third-order valence-electron chi connectivity index (χ3n) is 3.84. The number of nitrogens with one attached hydrogen (secondary N) is 1. The Hall–Kier alpha value is -2.50. The number of rotatable bonds is 10. The molecule has 27 heavy (non-hydrogen) atoms. The van der Waals surface area contributed by atoms with Crippen molar-refractivity contribution in [3.05, 3.63) is 59.7 Å². The molecule has 1 amide bonds. The first-order valence-electron chi connectivity index (χ1n) is 9.07. The van der Waals surface area contributed by atoms with Crippen LogP contribution in [0.4, 0.5) is 8.78 Å². The van der Waals surface area contributed by atoms with E-state index in [1.54, 1.807) is 25.2 Å². The number of halogens is 2. The molecule has 0 spiro atoms. The molecule has 0 aliphatic heterocycles. The molecule has 0 aliphatic carbocycles. The van der Waals surface area contributed by atoms with Crippen molar-refractivity contribution in [3.8, 4) is 0 Å². The molecule has 1 aromatic carbocycles. The highest BCUT2D eigenvalue weighted by molar-refractivity contribution is 5.91. The van der Waals surface area contributed by atoms with Crippen LogP contribution in [0, 0.1) is 17.6 Å².